The van der Waals surface area contributed by atoms with E-state index in [2.05, 4.69) is 21.2 Å². The zero-order valence-electron chi connectivity index (χ0n) is 12.1. The van der Waals surface area contributed by atoms with Gasteiger partial charge >= 0.3 is 0 Å². The van der Waals surface area contributed by atoms with E-state index in [9.17, 15) is 9.59 Å². The summed E-state index contributed by atoms with van der Waals surface area (Å²) < 4.78 is 0.883. The monoisotopic (exact) mass is 414 g/mol. The lowest BCUT2D eigenvalue weighted by molar-refractivity contribution is -0.116. The van der Waals surface area contributed by atoms with Crippen LogP contribution in [0.4, 0.5) is 5.69 Å². The van der Waals surface area contributed by atoms with Crippen LogP contribution in [-0.2, 0) is 4.79 Å². The lowest BCUT2D eigenvalue weighted by atomic mass is 10.2. The third-order valence-corrected chi connectivity index (χ3v) is 4.29. The zero-order chi connectivity index (χ0) is 17.0. The highest BCUT2D eigenvalue weighted by molar-refractivity contribution is 9.10. The zero-order valence-corrected chi connectivity index (χ0v) is 15.2. The number of anilines is 1. The molecule has 2 aromatic carbocycles. The van der Waals surface area contributed by atoms with Crippen LogP contribution >= 0.6 is 39.1 Å². The second-order valence-corrected chi connectivity index (χ2v) is 6.58. The Morgan fingerprint density at radius 2 is 1.74 bits per heavy atom. The first-order valence-electron chi connectivity index (χ1n) is 6.63. The fourth-order valence-corrected chi connectivity index (χ4v) is 2.44. The summed E-state index contributed by atoms with van der Waals surface area (Å²) in [6.07, 6.45) is 0. The molecule has 120 valence electrons. The minimum Gasteiger partial charge on any atom is -0.332 e. The van der Waals surface area contributed by atoms with Crippen LogP contribution in [-0.4, -0.2) is 30.3 Å². The maximum atomic E-state index is 12.2. The van der Waals surface area contributed by atoms with Crippen molar-refractivity contribution in [3.8, 4) is 0 Å². The molecule has 0 bridgehead atoms. The number of likely N-dealkylation sites (N-methyl/N-ethyl adjacent to an activating group) is 1. The number of hydrogen-bond acceptors (Lipinski definition) is 2. The molecule has 0 radical (unpaired) electrons. The van der Waals surface area contributed by atoms with Gasteiger partial charge in [0.05, 0.1) is 16.6 Å². The summed E-state index contributed by atoms with van der Waals surface area (Å²) in [7, 11) is 1.57. The van der Waals surface area contributed by atoms with Gasteiger partial charge in [-0.25, -0.2) is 0 Å². The first-order valence-corrected chi connectivity index (χ1v) is 8.17. The van der Waals surface area contributed by atoms with E-state index in [4.69, 9.17) is 23.2 Å². The average Bonchev–Trinajstić information content (AvgIpc) is 2.51. The van der Waals surface area contributed by atoms with Crippen molar-refractivity contribution in [2.24, 2.45) is 0 Å². The number of nitrogens with zero attached hydrogens (tertiary/aromatic N) is 1. The van der Waals surface area contributed by atoms with Crippen LogP contribution in [0.25, 0.3) is 0 Å². The van der Waals surface area contributed by atoms with Crippen LogP contribution in [0.15, 0.2) is 46.9 Å². The lowest BCUT2D eigenvalue weighted by Gasteiger charge is -2.17. The molecule has 23 heavy (non-hydrogen) atoms. The van der Waals surface area contributed by atoms with Gasteiger partial charge in [-0.05, 0) is 42.5 Å². The van der Waals surface area contributed by atoms with Gasteiger partial charge in [-0.2, -0.15) is 0 Å². The molecular formula is C16H13BrCl2N2O2. The van der Waals surface area contributed by atoms with Crippen LogP contribution < -0.4 is 5.32 Å². The molecule has 0 atom stereocenters. The van der Waals surface area contributed by atoms with E-state index in [-0.39, 0.29) is 18.4 Å². The number of amides is 2. The highest BCUT2D eigenvalue weighted by Gasteiger charge is 2.15. The van der Waals surface area contributed by atoms with Gasteiger partial charge in [0.25, 0.3) is 5.91 Å². The summed E-state index contributed by atoms with van der Waals surface area (Å²) in [5.41, 5.74) is 1.03. The van der Waals surface area contributed by atoms with Crippen LogP contribution in [0.1, 0.15) is 10.4 Å². The molecule has 2 amide bonds. The highest BCUT2D eigenvalue weighted by atomic mass is 79.9. The van der Waals surface area contributed by atoms with E-state index in [0.717, 1.165) is 4.47 Å². The second kappa shape index (κ2) is 7.81. The van der Waals surface area contributed by atoms with Gasteiger partial charge in [0.1, 0.15) is 0 Å². The van der Waals surface area contributed by atoms with Crippen molar-refractivity contribution in [3.63, 3.8) is 0 Å². The first-order chi connectivity index (χ1) is 10.9. The Kier molecular flexibility index (Phi) is 6.04. The van der Waals surface area contributed by atoms with Gasteiger partial charge in [-0.15, -0.1) is 0 Å². The Balaban J connectivity index is 1.97. The number of benzene rings is 2. The molecule has 0 aromatic heterocycles. The Hall–Kier alpha value is -1.56. The normalized spacial score (nSPS) is 10.3. The number of carbonyl (C=O) groups excluding carboxylic acids is 2. The van der Waals surface area contributed by atoms with Crippen molar-refractivity contribution in [1.29, 1.82) is 0 Å². The van der Waals surface area contributed by atoms with E-state index in [0.29, 0.717) is 21.3 Å². The predicted molar refractivity (Wildman–Crippen MR) is 96.2 cm³/mol. The summed E-state index contributed by atoms with van der Waals surface area (Å²) in [5, 5.41) is 3.43. The molecule has 0 fully saturated rings. The second-order valence-electron chi connectivity index (χ2n) is 4.85. The quantitative estimate of drug-likeness (QED) is 0.800. The maximum Gasteiger partial charge on any atom is 0.254 e. The van der Waals surface area contributed by atoms with Crippen LogP contribution in [0.3, 0.4) is 0 Å². The summed E-state index contributed by atoms with van der Waals surface area (Å²) in [4.78, 5) is 25.6. The molecule has 2 rings (SSSR count). The number of nitrogens with one attached hydrogen (secondary N) is 1. The summed E-state index contributed by atoms with van der Waals surface area (Å²) in [5.74, 6) is -0.557. The van der Waals surface area contributed by atoms with Crippen LogP contribution in [0.5, 0.6) is 0 Å². The molecular weight excluding hydrogens is 403 g/mol. The van der Waals surface area contributed by atoms with Crippen molar-refractivity contribution in [2.75, 3.05) is 18.9 Å². The predicted octanol–water partition coefficient (Wildman–Crippen LogP) is 4.47. The molecule has 7 heteroatoms. The Morgan fingerprint density at radius 1 is 1.09 bits per heavy atom. The molecule has 0 aliphatic heterocycles. The molecule has 0 heterocycles. The SMILES string of the molecule is CN(CC(=O)Nc1ccc(Cl)c(Cl)c1)C(=O)c1ccc(Br)cc1. The third kappa shape index (κ3) is 4.96. The molecule has 4 nitrogen and oxygen atoms in total. The molecule has 0 aliphatic carbocycles. The van der Waals surface area contributed by atoms with E-state index in [1.807, 2.05) is 0 Å². The Bertz CT molecular complexity index is 735. The average molecular weight is 416 g/mol. The number of carbonyl (C=O) groups is 2. The molecule has 1 N–H and O–H groups in total. The molecule has 0 saturated heterocycles. The Labute approximate surface area is 152 Å². The molecule has 0 spiro atoms. The minimum absolute atomic E-state index is 0.0743. The fourth-order valence-electron chi connectivity index (χ4n) is 1.87. The van der Waals surface area contributed by atoms with E-state index in [1.165, 1.54) is 4.90 Å². The third-order valence-electron chi connectivity index (χ3n) is 3.02. The smallest absolute Gasteiger partial charge is 0.254 e. The van der Waals surface area contributed by atoms with E-state index >= 15 is 0 Å². The molecule has 0 saturated carbocycles. The number of rotatable bonds is 4. The van der Waals surface area contributed by atoms with Crippen molar-refractivity contribution in [2.45, 2.75) is 0 Å². The topological polar surface area (TPSA) is 49.4 Å². The standard InChI is InChI=1S/C16H13BrCl2N2O2/c1-21(16(23)10-2-4-11(17)5-3-10)9-15(22)20-12-6-7-13(18)14(19)8-12/h2-8H,9H2,1H3,(H,20,22). The molecule has 0 unspecified atom stereocenters. The van der Waals surface area contributed by atoms with Crippen LogP contribution in [0.2, 0.25) is 10.0 Å². The van der Waals surface area contributed by atoms with Crippen molar-refractivity contribution >= 4 is 56.6 Å². The van der Waals surface area contributed by atoms with Crippen molar-refractivity contribution < 1.29 is 9.59 Å². The summed E-state index contributed by atoms with van der Waals surface area (Å²) >= 11 is 15.0. The first kappa shape index (κ1) is 17.8. The van der Waals surface area contributed by atoms with E-state index < -0.39 is 0 Å². The van der Waals surface area contributed by atoms with Gasteiger partial charge in [-0.3, -0.25) is 9.59 Å². The van der Waals surface area contributed by atoms with Gasteiger partial charge < -0.3 is 10.2 Å². The minimum atomic E-state index is -0.323. The summed E-state index contributed by atoms with van der Waals surface area (Å²) in [6, 6.07) is 11.7. The molecule has 2 aromatic rings. The number of hydrogen-bond donors (Lipinski definition) is 1. The maximum absolute atomic E-state index is 12.2. The Morgan fingerprint density at radius 3 is 2.35 bits per heavy atom. The summed E-state index contributed by atoms with van der Waals surface area (Å²) in [6.45, 7) is -0.0743. The van der Waals surface area contributed by atoms with Gasteiger partial charge in [0.15, 0.2) is 0 Å². The van der Waals surface area contributed by atoms with Crippen LogP contribution in [0, 0.1) is 0 Å². The highest BCUT2D eigenvalue weighted by Crippen LogP contribution is 2.24. The largest absolute Gasteiger partial charge is 0.332 e. The van der Waals surface area contributed by atoms with Gasteiger partial charge in [0, 0.05) is 22.8 Å². The van der Waals surface area contributed by atoms with Crippen molar-refractivity contribution in [3.05, 3.63) is 62.5 Å². The van der Waals surface area contributed by atoms with E-state index in [1.54, 1.807) is 49.5 Å². The fraction of sp³-hybridized carbons (Fsp3) is 0.125. The lowest BCUT2D eigenvalue weighted by Crippen LogP contribution is -2.34. The van der Waals surface area contributed by atoms with Gasteiger partial charge in [-0.1, -0.05) is 39.1 Å². The van der Waals surface area contributed by atoms with Crippen molar-refractivity contribution in [1.82, 2.24) is 4.90 Å². The van der Waals surface area contributed by atoms with Gasteiger partial charge in [0.2, 0.25) is 5.91 Å². The number of halogens is 3. The molecule has 0 aliphatic rings.